The molecule has 0 saturated heterocycles. The Balaban J connectivity index is 2.91. The third-order valence-electron chi connectivity index (χ3n) is 3.16. The van der Waals surface area contributed by atoms with Gasteiger partial charge in [-0.25, -0.2) is 8.42 Å². The molecule has 5 nitrogen and oxygen atoms in total. The van der Waals surface area contributed by atoms with Crippen molar-refractivity contribution in [3.05, 3.63) is 42.1 Å². The number of anilines is 1. The summed E-state index contributed by atoms with van der Waals surface area (Å²) < 4.78 is 26.9. The molecule has 122 valence electrons. The van der Waals surface area contributed by atoms with Crippen LogP contribution >= 0.6 is 0 Å². The largest absolute Gasteiger partial charge is 0.383 e. The molecule has 0 aliphatic heterocycles. The molecule has 0 aliphatic rings. The van der Waals surface area contributed by atoms with Gasteiger partial charge in [-0.15, -0.1) is 0 Å². The van der Waals surface area contributed by atoms with Gasteiger partial charge in [-0.3, -0.25) is 9.52 Å². The SMILES string of the molecule is CCCC(C)S(=O)(=O)Nc1cccc(C(=O)C=CN(C)C)c1. The summed E-state index contributed by atoms with van der Waals surface area (Å²) in [6.45, 7) is 3.63. The predicted molar refractivity (Wildman–Crippen MR) is 90.5 cm³/mol. The van der Waals surface area contributed by atoms with Crippen LogP contribution in [0, 0.1) is 0 Å². The average Bonchev–Trinajstić information content (AvgIpc) is 2.44. The Morgan fingerprint density at radius 1 is 1.36 bits per heavy atom. The first-order valence-corrected chi connectivity index (χ1v) is 8.81. The van der Waals surface area contributed by atoms with Crippen LogP contribution < -0.4 is 4.72 Å². The van der Waals surface area contributed by atoms with Crippen molar-refractivity contribution in [2.45, 2.75) is 31.9 Å². The normalized spacial score (nSPS) is 13.1. The van der Waals surface area contributed by atoms with Crippen molar-refractivity contribution in [2.75, 3.05) is 18.8 Å². The number of carbonyl (C=O) groups is 1. The fraction of sp³-hybridized carbons (Fsp3) is 0.438. The summed E-state index contributed by atoms with van der Waals surface area (Å²) in [5.41, 5.74) is 0.855. The lowest BCUT2D eigenvalue weighted by molar-refractivity contribution is 0.104. The summed E-state index contributed by atoms with van der Waals surface area (Å²) in [4.78, 5) is 13.8. The molecule has 0 fully saturated rings. The second-order valence-electron chi connectivity index (χ2n) is 5.47. The van der Waals surface area contributed by atoms with Gasteiger partial charge in [0.2, 0.25) is 10.0 Å². The van der Waals surface area contributed by atoms with Crippen LogP contribution in [0.2, 0.25) is 0 Å². The Morgan fingerprint density at radius 3 is 2.64 bits per heavy atom. The quantitative estimate of drug-likeness (QED) is 0.590. The second kappa shape index (κ2) is 7.98. The molecule has 0 aliphatic carbocycles. The van der Waals surface area contributed by atoms with E-state index in [1.54, 1.807) is 42.3 Å². The van der Waals surface area contributed by atoms with E-state index in [2.05, 4.69) is 4.72 Å². The molecule has 1 aromatic rings. The Morgan fingerprint density at radius 2 is 2.05 bits per heavy atom. The first-order valence-electron chi connectivity index (χ1n) is 7.27. The van der Waals surface area contributed by atoms with Gasteiger partial charge in [0.15, 0.2) is 5.78 Å². The van der Waals surface area contributed by atoms with Crippen molar-refractivity contribution in [1.82, 2.24) is 4.90 Å². The molecular formula is C16H24N2O3S. The highest BCUT2D eigenvalue weighted by Gasteiger charge is 2.19. The minimum absolute atomic E-state index is 0.170. The highest BCUT2D eigenvalue weighted by Crippen LogP contribution is 2.17. The van der Waals surface area contributed by atoms with Gasteiger partial charge in [-0.05, 0) is 25.5 Å². The molecule has 1 rings (SSSR count). The number of carbonyl (C=O) groups excluding carboxylic acids is 1. The highest BCUT2D eigenvalue weighted by molar-refractivity contribution is 7.93. The minimum atomic E-state index is -3.43. The van der Waals surface area contributed by atoms with Crippen LogP contribution in [-0.4, -0.2) is 38.4 Å². The predicted octanol–water partition coefficient (Wildman–Crippen LogP) is 2.87. The van der Waals surface area contributed by atoms with E-state index in [0.717, 1.165) is 6.42 Å². The van der Waals surface area contributed by atoms with E-state index in [1.165, 1.54) is 6.08 Å². The topological polar surface area (TPSA) is 66.5 Å². The monoisotopic (exact) mass is 324 g/mol. The lowest BCUT2D eigenvalue weighted by Crippen LogP contribution is -2.25. The molecule has 0 bridgehead atoms. The second-order valence-corrected chi connectivity index (χ2v) is 7.57. The molecule has 0 heterocycles. The lowest BCUT2D eigenvalue weighted by atomic mass is 10.1. The first-order chi connectivity index (χ1) is 10.3. The molecular weight excluding hydrogens is 300 g/mol. The van der Waals surface area contributed by atoms with Crippen molar-refractivity contribution in [3.63, 3.8) is 0 Å². The standard InChI is InChI=1S/C16H24N2O3S/c1-5-7-13(2)22(20,21)17-15-9-6-8-14(12-15)16(19)10-11-18(3)4/h6,8-13,17H,5,7H2,1-4H3. The van der Waals surface area contributed by atoms with Gasteiger partial charge in [0.25, 0.3) is 0 Å². The average molecular weight is 324 g/mol. The summed E-state index contributed by atoms with van der Waals surface area (Å²) in [5, 5.41) is -0.467. The molecule has 0 saturated carbocycles. The number of allylic oxidation sites excluding steroid dienone is 1. The van der Waals surface area contributed by atoms with Crippen molar-refractivity contribution in [1.29, 1.82) is 0 Å². The van der Waals surface area contributed by atoms with Crippen LogP contribution in [0.25, 0.3) is 0 Å². The van der Waals surface area contributed by atoms with Crippen LogP contribution in [0.15, 0.2) is 36.5 Å². The maximum atomic E-state index is 12.2. The molecule has 6 heteroatoms. The van der Waals surface area contributed by atoms with Crippen LogP contribution in [-0.2, 0) is 10.0 Å². The number of nitrogens with one attached hydrogen (secondary N) is 1. The van der Waals surface area contributed by atoms with E-state index >= 15 is 0 Å². The fourth-order valence-electron chi connectivity index (χ4n) is 1.88. The molecule has 0 spiro atoms. The van der Waals surface area contributed by atoms with E-state index in [4.69, 9.17) is 0 Å². The molecule has 1 unspecified atom stereocenters. The van der Waals surface area contributed by atoms with Gasteiger partial charge in [0.05, 0.1) is 5.25 Å². The van der Waals surface area contributed by atoms with Gasteiger partial charge in [-0.1, -0.05) is 25.5 Å². The summed E-state index contributed by atoms with van der Waals surface area (Å²) >= 11 is 0. The number of rotatable bonds is 8. The van der Waals surface area contributed by atoms with Crippen molar-refractivity contribution in [2.24, 2.45) is 0 Å². The third-order valence-corrected chi connectivity index (χ3v) is 4.97. The fourth-order valence-corrected chi connectivity index (χ4v) is 3.08. The van der Waals surface area contributed by atoms with Crippen molar-refractivity contribution in [3.8, 4) is 0 Å². The Bertz CT molecular complexity index is 637. The van der Waals surface area contributed by atoms with Crippen molar-refractivity contribution < 1.29 is 13.2 Å². The molecule has 0 radical (unpaired) electrons. The van der Waals surface area contributed by atoms with Crippen LogP contribution in [0.5, 0.6) is 0 Å². The number of benzene rings is 1. The maximum Gasteiger partial charge on any atom is 0.235 e. The van der Waals surface area contributed by atoms with E-state index in [1.807, 2.05) is 21.0 Å². The van der Waals surface area contributed by atoms with E-state index < -0.39 is 15.3 Å². The van der Waals surface area contributed by atoms with E-state index in [0.29, 0.717) is 17.7 Å². The van der Waals surface area contributed by atoms with E-state index in [9.17, 15) is 13.2 Å². The van der Waals surface area contributed by atoms with Crippen LogP contribution in [0.1, 0.15) is 37.0 Å². The van der Waals surface area contributed by atoms with Gasteiger partial charge in [0.1, 0.15) is 0 Å². The first kappa shape index (κ1) is 18.2. The Labute approximate surface area is 133 Å². The third kappa shape index (κ3) is 5.52. The van der Waals surface area contributed by atoms with Crippen molar-refractivity contribution >= 4 is 21.5 Å². The number of ketones is 1. The number of nitrogens with zero attached hydrogens (tertiary/aromatic N) is 1. The summed E-state index contributed by atoms with van der Waals surface area (Å²) in [5.74, 6) is -0.170. The molecule has 1 atom stereocenters. The van der Waals surface area contributed by atoms with Gasteiger partial charge in [-0.2, -0.15) is 0 Å². The van der Waals surface area contributed by atoms with Gasteiger partial charge < -0.3 is 4.90 Å². The molecule has 1 N–H and O–H groups in total. The van der Waals surface area contributed by atoms with E-state index in [-0.39, 0.29) is 5.78 Å². The van der Waals surface area contributed by atoms with Crippen LogP contribution in [0.3, 0.4) is 0 Å². The van der Waals surface area contributed by atoms with Gasteiger partial charge in [0, 0.05) is 37.6 Å². The highest BCUT2D eigenvalue weighted by atomic mass is 32.2. The zero-order valence-corrected chi connectivity index (χ0v) is 14.4. The zero-order chi connectivity index (χ0) is 16.8. The van der Waals surface area contributed by atoms with Gasteiger partial charge >= 0.3 is 0 Å². The minimum Gasteiger partial charge on any atom is -0.383 e. The molecule has 0 aromatic heterocycles. The summed E-state index contributed by atoms with van der Waals surface area (Å²) in [6, 6.07) is 6.52. The molecule has 1 aromatic carbocycles. The summed E-state index contributed by atoms with van der Waals surface area (Å²) in [6.07, 6.45) is 4.51. The Hall–Kier alpha value is -1.82. The molecule has 22 heavy (non-hydrogen) atoms. The summed E-state index contributed by atoms with van der Waals surface area (Å²) in [7, 11) is 0.215. The number of hydrogen-bond donors (Lipinski definition) is 1. The zero-order valence-electron chi connectivity index (χ0n) is 13.5. The molecule has 0 amide bonds. The Kier molecular flexibility index (Phi) is 6.61. The number of sulfonamides is 1. The number of hydrogen-bond acceptors (Lipinski definition) is 4. The smallest absolute Gasteiger partial charge is 0.235 e. The van der Waals surface area contributed by atoms with Crippen LogP contribution in [0.4, 0.5) is 5.69 Å². The lowest BCUT2D eigenvalue weighted by Gasteiger charge is -2.14. The maximum absolute atomic E-state index is 12.2.